The van der Waals surface area contributed by atoms with Crippen LogP contribution >= 0.6 is 0 Å². The van der Waals surface area contributed by atoms with E-state index >= 15 is 0 Å². The van der Waals surface area contributed by atoms with Crippen molar-refractivity contribution in [1.82, 2.24) is 0 Å². The van der Waals surface area contributed by atoms with E-state index in [9.17, 15) is 5.11 Å². The average molecular weight is 266 g/mol. The minimum Gasteiger partial charge on any atom is -0.508 e. The lowest BCUT2D eigenvalue weighted by molar-refractivity contribution is 0.415. The van der Waals surface area contributed by atoms with Crippen LogP contribution < -0.4 is 4.74 Å². The molecule has 0 amide bonds. The summed E-state index contributed by atoms with van der Waals surface area (Å²) in [7, 11) is 1.66. The van der Waals surface area contributed by atoms with Crippen molar-refractivity contribution in [2.75, 3.05) is 7.11 Å². The third-order valence-electron chi connectivity index (χ3n) is 3.14. The molecule has 0 saturated carbocycles. The summed E-state index contributed by atoms with van der Waals surface area (Å²) in [4.78, 5) is 0. The third-order valence-corrected chi connectivity index (χ3v) is 3.14. The van der Waals surface area contributed by atoms with Crippen LogP contribution in [0.4, 0.5) is 0 Å². The Bertz CT molecular complexity index is 580. The van der Waals surface area contributed by atoms with Crippen LogP contribution in [0.25, 0.3) is 6.08 Å². The predicted octanol–water partition coefficient (Wildman–Crippen LogP) is 4.38. The monoisotopic (exact) mass is 266 g/mol. The van der Waals surface area contributed by atoms with E-state index in [1.165, 1.54) is 0 Å². The second-order valence-corrected chi connectivity index (χ2v) is 4.49. The first kappa shape index (κ1) is 13.9. The normalized spacial score (nSPS) is 12.2. The molecule has 20 heavy (non-hydrogen) atoms. The van der Waals surface area contributed by atoms with Gasteiger partial charge in [0.15, 0.2) is 0 Å². The van der Waals surface area contributed by atoms with E-state index in [2.05, 4.69) is 18.7 Å². The molecule has 0 bridgehead atoms. The van der Waals surface area contributed by atoms with Crippen molar-refractivity contribution < 1.29 is 9.84 Å². The second-order valence-electron chi connectivity index (χ2n) is 4.49. The molecule has 0 aliphatic heterocycles. The first-order valence-corrected chi connectivity index (χ1v) is 6.46. The highest BCUT2D eigenvalue weighted by Gasteiger charge is 2.03. The molecular formula is C18H18O2. The Labute approximate surface area is 119 Å². The Morgan fingerprint density at radius 1 is 1.05 bits per heavy atom. The number of phenols is 1. The molecule has 1 atom stereocenters. The van der Waals surface area contributed by atoms with Gasteiger partial charge in [-0.2, -0.15) is 0 Å². The van der Waals surface area contributed by atoms with Crippen molar-refractivity contribution in [3.8, 4) is 11.5 Å². The summed E-state index contributed by atoms with van der Waals surface area (Å²) < 4.78 is 5.13. The maximum absolute atomic E-state index is 9.31. The fraction of sp³-hybridized carbons (Fsp3) is 0.111. The predicted molar refractivity (Wildman–Crippen MR) is 83.1 cm³/mol. The van der Waals surface area contributed by atoms with Crippen molar-refractivity contribution in [1.29, 1.82) is 0 Å². The van der Waals surface area contributed by atoms with Crippen LogP contribution in [0, 0.1) is 0 Å². The van der Waals surface area contributed by atoms with Crippen molar-refractivity contribution in [2.45, 2.75) is 5.92 Å². The fourth-order valence-corrected chi connectivity index (χ4v) is 1.95. The molecule has 1 unspecified atom stereocenters. The molecule has 0 heterocycles. The standard InChI is InChI=1S/C18H18O2/c1-3-15(16-8-10-17(19)11-9-16)7-4-14-5-12-18(20-2)13-6-14/h3-13,15,19H,1H2,2H3/b7-4-. The van der Waals surface area contributed by atoms with Gasteiger partial charge < -0.3 is 9.84 Å². The van der Waals surface area contributed by atoms with Gasteiger partial charge in [-0.1, -0.05) is 42.5 Å². The molecule has 2 rings (SSSR count). The maximum atomic E-state index is 9.31. The number of rotatable bonds is 5. The molecule has 102 valence electrons. The highest BCUT2D eigenvalue weighted by molar-refractivity contribution is 5.53. The summed E-state index contributed by atoms with van der Waals surface area (Å²) in [5.74, 6) is 1.24. The number of benzene rings is 2. The molecule has 0 fully saturated rings. The Kier molecular flexibility index (Phi) is 4.61. The number of phenolic OH excluding ortho intramolecular Hbond substituents is 1. The number of hydrogen-bond acceptors (Lipinski definition) is 2. The number of aromatic hydroxyl groups is 1. The molecule has 2 heteroatoms. The van der Waals surface area contributed by atoms with Crippen LogP contribution in [-0.2, 0) is 0 Å². The third kappa shape index (κ3) is 3.51. The van der Waals surface area contributed by atoms with E-state index in [-0.39, 0.29) is 11.7 Å². The summed E-state index contributed by atoms with van der Waals surface area (Å²) in [6, 6.07) is 15.1. The minimum atomic E-state index is 0.123. The van der Waals surface area contributed by atoms with E-state index < -0.39 is 0 Å². The zero-order chi connectivity index (χ0) is 14.4. The van der Waals surface area contributed by atoms with Crippen molar-refractivity contribution in [2.24, 2.45) is 0 Å². The lowest BCUT2D eigenvalue weighted by atomic mass is 9.98. The van der Waals surface area contributed by atoms with E-state index in [0.717, 1.165) is 16.9 Å². The largest absolute Gasteiger partial charge is 0.508 e. The number of methoxy groups -OCH3 is 1. The van der Waals surface area contributed by atoms with Gasteiger partial charge in [0, 0.05) is 5.92 Å². The molecule has 2 aromatic carbocycles. The van der Waals surface area contributed by atoms with Crippen LogP contribution in [0.3, 0.4) is 0 Å². The Morgan fingerprint density at radius 2 is 1.70 bits per heavy atom. The minimum absolute atomic E-state index is 0.123. The van der Waals surface area contributed by atoms with Crippen molar-refractivity contribution in [3.05, 3.63) is 78.4 Å². The summed E-state index contributed by atoms with van der Waals surface area (Å²) in [5.41, 5.74) is 2.21. The Balaban J connectivity index is 2.14. The van der Waals surface area contributed by atoms with Gasteiger partial charge in [-0.15, -0.1) is 6.58 Å². The number of allylic oxidation sites excluding steroid dienone is 2. The molecule has 0 spiro atoms. The van der Waals surface area contributed by atoms with Crippen molar-refractivity contribution in [3.63, 3.8) is 0 Å². The molecule has 1 N–H and O–H groups in total. The van der Waals surface area contributed by atoms with Crippen LogP contribution in [0.15, 0.2) is 67.3 Å². The molecule has 2 aromatic rings. The molecule has 0 aromatic heterocycles. The zero-order valence-corrected chi connectivity index (χ0v) is 11.5. The summed E-state index contributed by atoms with van der Waals surface area (Å²) in [5, 5.41) is 9.31. The number of hydrogen-bond donors (Lipinski definition) is 1. The van der Waals surface area contributed by atoms with E-state index in [0.29, 0.717) is 0 Å². The van der Waals surface area contributed by atoms with Crippen LogP contribution in [0.1, 0.15) is 17.0 Å². The summed E-state index contributed by atoms with van der Waals surface area (Å²) in [6.07, 6.45) is 6.02. The molecular weight excluding hydrogens is 248 g/mol. The Hall–Kier alpha value is -2.48. The van der Waals surface area contributed by atoms with Crippen LogP contribution in [0.2, 0.25) is 0 Å². The van der Waals surface area contributed by atoms with Gasteiger partial charge in [-0.3, -0.25) is 0 Å². The molecule has 2 nitrogen and oxygen atoms in total. The SMILES string of the molecule is C=CC(/C=C\c1ccc(OC)cc1)c1ccc(O)cc1. The van der Waals surface area contributed by atoms with E-state index in [1.54, 1.807) is 19.2 Å². The quantitative estimate of drug-likeness (QED) is 0.814. The lowest BCUT2D eigenvalue weighted by Crippen LogP contribution is -1.89. The Morgan fingerprint density at radius 3 is 2.25 bits per heavy atom. The van der Waals surface area contributed by atoms with Crippen molar-refractivity contribution >= 4 is 6.08 Å². The van der Waals surface area contributed by atoms with Gasteiger partial charge in [0.25, 0.3) is 0 Å². The summed E-state index contributed by atoms with van der Waals surface area (Å²) in [6.45, 7) is 3.87. The zero-order valence-electron chi connectivity index (χ0n) is 11.5. The molecule has 0 radical (unpaired) electrons. The molecule has 0 saturated heterocycles. The fourth-order valence-electron chi connectivity index (χ4n) is 1.95. The van der Waals surface area contributed by atoms with Gasteiger partial charge in [-0.25, -0.2) is 0 Å². The smallest absolute Gasteiger partial charge is 0.118 e. The van der Waals surface area contributed by atoms with Gasteiger partial charge >= 0.3 is 0 Å². The molecule has 0 aliphatic carbocycles. The molecule has 0 aliphatic rings. The van der Waals surface area contributed by atoms with Gasteiger partial charge in [0.1, 0.15) is 11.5 Å². The first-order chi connectivity index (χ1) is 9.72. The summed E-state index contributed by atoms with van der Waals surface area (Å²) >= 11 is 0. The first-order valence-electron chi connectivity index (χ1n) is 6.46. The topological polar surface area (TPSA) is 29.5 Å². The maximum Gasteiger partial charge on any atom is 0.118 e. The average Bonchev–Trinajstić information content (AvgIpc) is 2.50. The van der Waals surface area contributed by atoms with Crippen LogP contribution in [-0.4, -0.2) is 12.2 Å². The van der Waals surface area contributed by atoms with Gasteiger partial charge in [0.05, 0.1) is 7.11 Å². The highest BCUT2D eigenvalue weighted by Crippen LogP contribution is 2.22. The van der Waals surface area contributed by atoms with Gasteiger partial charge in [0.2, 0.25) is 0 Å². The lowest BCUT2D eigenvalue weighted by Gasteiger charge is -2.08. The highest BCUT2D eigenvalue weighted by atomic mass is 16.5. The van der Waals surface area contributed by atoms with E-state index in [1.807, 2.05) is 42.5 Å². The number of ether oxygens (including phenoxy) is 1. The van der Waals surface area contributed by atoms with Gasteiger partial charge in [-0.05, 0) is 35.4 Å². The van der Waals surface area contributed by atoms with Crippen LogP contribution in [0.5, 0.6) is 11.5 Å². The second kappa shape index (κ2) is 6.62. The van der Waals surface area contributed by atoms with E-state index in [4.69, 9.17) is 4.74 Å².